The molecule has 0 aromatic heterocycles. The van der Waals surface area contributed by atoms with Crippen molar-refractivity contribution in [1.29, 1.82) is 0 Å². The van der Waals surface area contributed by atoms with Crippen molar-refractivity contribution >= 4 is 75.1 Å². The number of hydrogen-bond acceptors (Lipinski definition) is 4. The molecule has 0 aliphatic rings. The third-order valence-electron chi connectivity index (χ3n) is 2.11. The molecule has 0 aliphatic heterocycles. The molecule has 0 spiro atoms. The minimum atomic E-state index is -0.244. The zero-order valence-corrected chi connectivity index (χ0v) is 15.1. The summed E-state index contributed by atoms with van der Waals surface area (Å²) >= 11 is 13.1. The highest BCUT2D eigenvalue weighted by atomic mass is 79.9. The molecule has 98 valence electrons. The first-order valence-corrected chi connectivity index (χ1v) is 8.28. The van der Waals surface area contributed by atoms with Crippen LogP contribution in [-0.2, 0) is 0 Å². The Morgan fingerprint density at radius 2 is 1.06 bits per heavy atom. The number of benzene rings is 1. The molecule has 2 N–H and O–H groups in total. The van der Waals surface area contributed by atoms with Gasteiger partial charge in [-0.25, -0.2) is 0 Å². The van der Waals surface area contributed by atoms with E-state index in [1.54, 1.807) is 24.3 Å². The van der Waals surface area contributed by atoms with Gasteiger partial charge in [-0.2, -0.15) is 0 Å². The Morgan fingerprint density at radius 1 is 0.778 bits per heavy atom. The third-order valence-corrected chi connectivity index (χ3v) is 3.84. The topological polar surface area (TPSA) is 65.2 Å². The number of rotatable bonds is 4. The molecule has 8 heteroatoms. The van der Waals surface area contributed by atoms with Gasteiger partial charge in [0.15, 0.2) is 0 Å². The Bertz CT molecular complexity index is 414. The van der Waals surface area contributed by atoms with Crippen LogP contribution in [0, 0.1) is 0 Å². The van der Waals surface area contributed by atoms with E-state index in [-0.39, 0.29) is 7.47 Å². The van der Waals surface area contributed by atoms with Crippen molar-refractivity contribution in [2.24, 2.45) is 10.3 Å². The summed E-state index contributed by atoms with van der Waals surface area (Å²) in [5.74, 6) is 0. The maximum atomic E-state index is 8.91. The lowest BCUT2D eigenvalue weighted by molar-refractivity contribution is 0.318. The summed E-state index contributed by atoms with van der Waals surface area (Å²) in [6, 6.07) is 7.09. The molecular weight excluding hydrogens is 500 g/mol. The standard InChI is InChI=1S/C10H8Br4N2O2/c11-9(12)7(15-17)5-1-2-6(4-3-5)8(16-18)10(13)14/h1-4,9-10,17-18H/b15-7-,16-8-. The van der Waals surface area contributed by atoms with Gasteiger partial charge in [-0.05, 0) is 0 Å². The predicted molar refractivity (Wildman–Crippen MR) is 86.4 cm³/mol. The Hall–Kier alpha value is 0.0800. The van der Waals surface area contributed by atoms with Crippen LogP contribution >= 0.6 is 63.7 Å². The maximum absolute atomic E-state index is 8.91. The van der Waals surface area contributed by atoms with Crippen molar-refractivity contribution in [3.8, 4) is 0 Å². The highest BCUT2D eigenvalue weighted by Crippen LogP contribution is 2.20. The number of hydrogen-bond donors (Lipinski definition) is 2. The van der Waals surface area contributed by atoms with Crippen LogP contribution in [0.2, 0.25) is 0 Å². The first-order valence-electron chi connectivity index (χ1n) is 4.62. The van der Waals surface area contributed by atoms with Gasteiger partial charge in [0.25, 0.3) is 0 Å². The summed E-state index contributed by atoms with van der Waals surface area (Å²) in [4.78, 5) is 0. The quantitative estimate of drug-likeness (QED) is 0.277. The van der Waals surface area contributed by atoms with E-state index in [2.05, 4.69) is 74.0 Å². The molecule has 4 nitrogen and oxygen atoms in total. The zero-order chi connectivity index (χ0) is 13.7. The van der Waals surface area contributed by atoms with E-state index in [0.717, 1.165) is 11.1 Å². The van der Waals surface area contributed by atoms with Gasteiger partial charge >= 0.3 is 0 Å². The SMILES string of the molecule is O/N=C(/c1ccc(/C(=N/O)C(Br)Br)cc1)C(Br)Br. The van der Waals surface area contributed by atoms with Gasteiger partial charge in [0.2, 0.25) is 0 Å². The summed E-state index contributed by atoms with van der Waals surface area (Å²) in [6.45, 7) is 0. The van der Waals surface area contributed by atoms with Gasteiger partial charge in [0, 0.05) is 11.1 Å². The van der Waals surface area contributed by atoms with E-state index in [4.69, 9.17) is 10.4 Å². The summed E-state index contributed by atoms with van der Waals surface area (Å²) in [6.07, 6.45) is 0. The van der Waals surface area contributed by atoms with Gasteiger partial charge in [-0.3, -0.25) is 0 Å². The molecule has 0 saturated heterocycles. The van der Waals surface area contributed by atoms with Crippen LogP contribution in [0.5, 0.6) is 0 Å². The number of nitrogens with zero attached hydrogens (tertiary/aromatic N) is 2. The first kappa shape index (κ1) is 16.1. The first-order chi connectivity index (χ1) is 8.51. The fraction of sp³-hybridized carbons (Fsp3) is 0.200. The second-order valence-electron chi connectivity index (χ2n) is 3.15. The van der Waals surface area contributed by atoms with Gasteiger partial charge in [0.05, 0.1) is 0 Å². The van der Waals surface area contributed by atoms with Crippen LogP contribution in [0.3, 0.4) is 0 Å². The second-order valence-corrected chi connectivity index (χ2v) is 9.27. The molecule has 1 aromatic rings. The highest BCUT2D eigenvalue weighted by Gasteiger charge is 2.15. The van der Waals surface area contributed by atoms with E-state index in [1.807, 2.05) is 0 Å². The molecule has 1 aromatic carbocycles. The monoisotopic (exact) mass is 504 g/mol. The molecule has 1 rings (SSSR count). The lowest BCUT2D eigenvalue weighted by Gasteiger charge is -2.08. The Balaban J connectivity index is 3.07. The lowest BCUT2D eigenvalue weighted by Crippen LogP contribution is -2.12. The molecule has 0 fully saturated rings. The van der Waals surface area contributed by atoms with Gasteiger partial charge in [-0.15, -0.1) is 0 Å². The minimum absolute atomic E-state index is 0.244. The van der Waals surface area contributed by atoms with Crippen molar-refractivity contribution in [3.63, 3.8) is 0 Å². The van der Waals surface area contributed by atoms with Crippen LogP contribution in [-0.4, -0.2) is 29.3 Å². The van der Waals surface area contributed by atoms with Crippen LogP contribution in [0.1, 0.15) is 11.1 Å². The molecule has 0 bridgehead atoms. The molecule has 0 unspecified atom stereocenters. The fourth-order valence-electron chi connectivity index (χ4n) is 1.27. The molecule has 0 aliphatic carbocycles. The third kappa shape index (κ3) is 4.04. The highest BCUT2D eigenvalue weighted by molar-refractivity contribution is 9.25. The van der Waals surface area contributed by atoms with Crippen LogP contribution < -0.4 is 0 Å². The number of alkyl halides is 4. The normalized spacial score (nSPS) is 13.4. The smallest absolute Gasteiger partial charge is 0.116 e. The summed E-state index contributed by atoms with van der Waals surface area (Å²) in [7, 11) is 0. The van der Waals surface area contributed by atoms with Crippen LogP contribution in [0.15, 0.2) is 34.6 Å². The van der Waals surface area contributed by atoms with E-state index >= 15 is 0 Å². The largest absolute Gasteiger partial charge is 0.411 e. The van der Waals surface area contributed by atoms with Crippen molar-refractivity contribution in [1.82, 2.24) is 0 Å². The zero-order valence-electron chi connectivity index (χ0n) is 8.76. The lowest BCUT2D eigenvalue weighted by atomic mass is 10.1. The van der Waals surface area contributed by atoms with E-state index < -0.39 is 0 Å². The predicted octanol–water partition coefficient (Wildman–Crippen LogP) is 4.28. The van der Waals surface area contributed by atoms with E-state index in [9.17, 15) is 0 Å². The second kappa shape index (κ2) is 7.62. The summed E-state index contributed by atoms with van der Waals surface area (Å²) < 4.78 is -0.487. The minimum Gasteiger partial charge on any atom is -0.411 e. The number of oxime groups is 2. The van der Waals surface area contributed by atoms with Crippen molar-refractivity contribution < 1.29 is 10.4 Å². The van der Waals surface area contributed by atoms with Crippen molar-refractivity contribution in [2.75, 3.05) is 0 Å². The van der Waals surface area contributed by atoms with Crippen LogP contribution in [0.4, 0.5) is 0 Å². The molecular formula is C10H8Br4N2O2. The fourth-order valence-corrected chi connectivity index (χ4v) is 2.69. The van der Waals surface area contributed by atoms with Crippen LogP contribution in [0.25, 0.3) is 0 Å². The van der Waals surface area contributed by atoms with Gasteiger partial charge in [-0.1, -0.05) is 98.3 Å². The molecule has 0 atom stereocenters. The average Bonchev–Trinajstić information content (AvgIpc) is 2.32. The average molecular weight is 508 g/mol. The Labute approximate surface area is 138 Å². The maximum Gasteiger partial charge on any atom is 0.116 e. The summed E-state index contributed by atoms with van der Waals surface area (Å²) in [5, 5.41) is 24.2. The van der Waals surface area contributed by atoms with Crippen molar-refractivity contribution in [2.45, 2.75) is 7.47 Å². The van der Waals surface area contributed by atoms with Gasteiger partial charge in [0.1, 0.15) is 18.9 Å². The molecule has 18 heavy (non-hydrogen) atoms. The molecule has 0 heterocycles. The van der Waals surface area contributed by atoms with E-state index in [0.29, 0.717) is 11.4 Å². The van der Waals surface area contributed by atoms with Crippen molar-refractivity contribution in [3.05, 3.63) is 35.4 Å². The molecule has 0 saturated carbocycles. The Morgan fingerprint density at radius 3 is 1.22 bits per heavy atom. The molecule has 0 amide bonds. The van der Waals surface area contributed by atoms with E-state index in [1.165, 1.54) is 0 Å². The Kier molecular flexibility index (Phi) is 6.83. The number of halogens is 4. The van der Waals surface area contributed by atoms with Gasteiger partial charge < -0.3 is 10.4 Å². The molecule has 0 radical (unpaired) electrons. The summed E-state index contributed by atoms with van der Waals surface area (Å²) in [5.41, 5.74) is 2.41.